The average molecular weight is 384 g/mol. The lowest BCUT2D eigenvalue weighted by molar-refractivity contribution is -0.137. The highest BCUT2D eigenvalue weighted by atomic mass is 19.4. The second-order valence-electron chi connectivity index (χ2n) is 7.11. The molecule has 0 bridgehead atoms. The molecule has 0 aliphatic carbocycles. The zero-order chi connectivity index (χ0) is 19.9. The van der Waals surface area contributed by atoms with E-state index in [1.54, 1.807) is 11.9 Å². The Balaban J connectivity index is 1.88. The summed E-state index contributed by atoms with van der Waals surface area (Å²) in [5.41, 5.74) is -0.983. The molecule has 0 spiro atoms. The second kappa shape index (κ2) is 7.05. The van der Waals surface area contributed by atoms with Crippen LogP contribution in [0.5, 0.6) is 5.75 Å². The van der Waals surface area contributed by atoms with Gasteiger partial charge in [-0.2, -0.15) is 13.2 Å². The molecule has 0 aromatic heterocycles. The molecular weight excluding hydrogens is 361 g/mol. The van der Waals surface area contributed by atoms with Gasteiger partial charge in [-0.1, -0.05) is 13.8 Å². The lowest BCUT2D eigenvalue weighted by atomic mass is 10.0. The molecule has 1 aromatic rings. The average Bonchev–Trinajstić information content (AvgIpc) is 3.01. The fourth-order valence-electron chi connectivity index (χ4n) is 3.80. The first-order chi connectivity index (χ1) is 12.7. The van der Waals surface area contributed by atoms with Crippen molar-refractivity contribution in [3.63, 3.8) is 0 Å². The van der Waals surface area contributed by atoms with Gasteiger partial charge in [-0.25, -0.2) is 0 Å². The summed E-state index contributed by atoms with van der Waals surface area (Å²) in [6, 6.07) is 2.55. The van der Waals surface area contributed by atoms with Gasteiger partial charge in [0.25, 0.3) is 5.91 Å². The van der Waals surface area contributed by atoms with Crippen LogP contribution >= 0.6 is 0 Å². The normalized spacial score (nSPS) is 22.4. The van der Waals surface area contributed by atoms with Crippen molar-refractivity contribution < 1.29 is 27.5 Å². The highest BCUT2D eigenvalue weighted by molar-refractivity contribution is 5.97. The van der Waals surface area contributed by atoms with Crippen molar-refractivity contribution in [2.24, 2.45) is 5.92 Å². The van der Waals surface area contributed by atoms with Crippen LogP contribution in [0.2, 0.25) is 0 Å². The van der Waals surface area contributed by atoms with Crippen LogP contribution in [-0.2, 0) is 11.0 Å². The van der Waals surface area contributed by atoms with Crippen molar-refractivity contribution in [3.05, 3.63) is 29.3 Å². The van der Waals surface area contributed by atoms with Crippen LogP contribution in [0, 0.1) is 5.92 Å². The molecule has 2 heterocycles. The minimum atomic E-state index is -4.53. The van der Waals surface area contributed by atoms with Crippen LogP contribution in [0.25, 0.3) is 0 Å². The number of hydrogen-bond acceptors (Lipinski definition) is 3. The van der Waals surface area contributed by atoms with Crippen LogP contribution in [0.15, 0.2) is 18.2 Å². The molecule has 1 saturated heterocycles. The van der Waals surface area contributed by atoms with E-state index in [1.165, 1.54) is 11.0 Å². The van der Waals surface area contributed by atoms with Gasteiger partial charge in [0.1, 0.15) is 11.9 Å². The first-order valence-corrected chi connectivity index (χ1v) is 9.11. The Hall–Kier alpha value is -2.25. The zero-order valence-electron chi connectivity index (χ0n) is 15.5. The maximum Gasteiger partial charge on any atom is 0.416 e. The molecule has 1 fully saturated rings. The molecule has 1 aromatic carbocycles. The third-order valence-electron chi connectivity index (χ3n) is 5.52. The van der Waals surface area contributed by atoms with Gasteiger partial charge >= 0.3 is 6.18 Å². The molecule has 0 saturated carbocycles. The number of likely N-dealkylation sites (N-methyl/N-ethyl adjacent to an activating group) is 1. The number of benzene rings is 1. The van der Waals surface area contributed by atoms with E-state index in [4.69, 9.17) is 4.74 Å². The van der Waals surface area contributed by atoms with E-state index in [2.05, 4.69) is 0 Å². The molecule has 2 amide bonds. The number of alkyl halides is 3. The molecule has 2 atom stereocenters. The molecule has 2 aliphatic heterocycles. The molecule has 8 heteroatoms. The topological polar surface area (TPSA) is 49.9 Å². The number of rotatable bonds is 3. The number of carbonyl (C=O) groups excluding carboxylic acids is 2. The number of nitrogens with zero attached hydrogens (tertiary/aromatic N) is 2. The first kappa shape index (κ1) is 19.5. The molecule has 148 valence electrons. The quantitative estimate of drug-likeness (QED) is 0.804. The van der Waals surface area contributed by atoms with Crippen LogP contribution < -0.4 is 4.74 Å². The summed E-state index contributed by atoms with van der Waals surface area (Å²) < 4.78 is 44.9. The van der Waals surface area contributed by atoms with E-state index in [0.717, 1.165) is 25.0 Å². The molecule has 2 unspecified atom stereocenters. The van der Waals surface area contributed by atoms with Crippen molar-refractivity contribution >= 4 is 11.8 Å². The number of likely N-dealkylation sites (tertiary alicyclic amines) is 1. The predicted octanol–water partition coefficient (Wildman–Crippen LogP) is 3.19. The molecule has 0 radical (unpaired) electrons. The van der Waals surface area contributed by atoms with Gasteiger partial charge in [-0.3, -0.25) is 9.59 Å². The minimum Gasteiger partial charge on any atom is -0.486 e. The minimum absolute atomic E-state index is 0.0326. The smallest absolute Gasteiger partial charge is 0.416 e. The fourth-order valence-corrected chi connectivity index (χ4v) is 3.80. The molecular formula is C19H23F3N2O3. The summed E-state index contributed by atoms with van der Waals surface area (Å²) >= 11 is 0. The maximum absolute atomic E-state index is 13.0. The van der Waals surface area contributed by atoms with Crippen molar-refractivity contribution in [3.8, 4) is 5.75 Å². The van der Waals surface area contributed by atoms with Gasteiger partial charge in [0, 0.05) is 19.5 Å². The molecule has 3 rings (SSSR count). The summed E-state index contributed by atoms with van der Waals surface area (Å²) in [6.45, 7) is 4.56. The Labute approximate surface area is 156 Å². The van der Waals surface area contributed by atoms with Crippen LogP contribution in [-0.4, -0.2) is 53.9 Å². The Morgan fingerprint density at radius 3 is 2.52 bits per heavy atom. The molecule has 27 heavy (non-hydrogen) atoms. The molecule has 2 aliphatic rings. The number of carbonyl (C=O) groups is 2. The third-order valence-corrected chi connectivity index (χ3v) is 5.52. The molecule has 5 nitrogen and oxygen atoms in total. The first-order valence-electron chi connectivity index (χ1n) is 9.11. The zero-order valence-corrected chi connectivity index (χ0v) is 15.5. The monoisotopic (exact) mass is 384 g/mol. The number of amides is 2. The standard InChI is InChI=1S/C19H23F3N2O3/c1-4-11(5-2)17(25)24-9-14-16(10-24)27-15-7-6-12(19(20,21)22)8-13(15)18(26)23(14)3/h6-8,11,14,16H,4-5,9-10H2,1-3H3. The van der Waals surface area contributed by atoms with E-state index in [9.17, 15) is 22.8 Å². The van der Waals surface area contributed by atoms with Crippen molar-refractivity contribution in [1.82, 2.24) is 9.80 Å². The highest BCUT2D eigenvalue weighted by Crippen LogP contribution is 2.36. The summed E-state index contributed by atoms with van der Waals surface area (Å²) in [7, 11) is 1.55. The van der Waals surface area contributed by atoms with Crippen molar-refractivity contribution in [2.75, 3.05) is 20.1 Å². The van der Waals surface area contributed by atoms with Gasteiger partial charge in [-0.15, -0.1) is 0 Å². The Bertz CT molecular complexity index is 746. The van der Waals surface area contributed by atoms with E-state index < -0.39 is 29.8 Å². The Morgan fingerprint density at radius 1 is 1.26 bits per heavy atom. The third kappa shape index (κ3) is 3.49. The van der Waals surface area contributed by atoms with Gasteiger partial charge in [-0.05, 0) is 31.0 Å². The number of halogens is 3. The van der Waals surface area contributed by atoms with Crippen LogP contribution in [0.3, 0.4) is 0 Å². The summed E-state index contributed by atoms with van der Waals surface area (Å²) in [6.07, 6.45) is -3.52. The lowest BCUT2D eigenvalue weighted by Gasteiger charge is -2.25. The van der Waals surface area contributed by atoms with E-state index in [0.29, 0.717) is 13.1 Å². The van der Waals surface area contributed by atoms with Gasteiger partial charge in [0.05, 0.1) is 23.7 Å². The number of hydrogen-bond donors (Lipinski definition) is 0. The van der Waals surface area contributed by atoms with Crippen molar-refractivity contribution in [2.45, 2.75) is 45.0 Å². The Kier molecular flexibility index (Phi) is 5.10. The summed E-state index contributed by atoms with van der Waals surface area (Å²) in [4.78, 5) is 28.5. The highest BCUT2D eigenvalue weighted by Gasteiger charge is 2.45. The maximum atomic E-state index is 13.0. The van der Waals surface area contributed by atoms with Gasteiger partial charge in [0.2, 0.25) is 5.91 Å². The van der Waals surface area contributed by atoms with Gasteiger partial charge in [0.15, 0.2) is 0 Å². The fraction of sp³-hybridized carbons (Fsp3) is 0.579. The van der Waals surface area contributed by atoms with E-state index >= 15 is 0 Å². The molecule has 0 N–H and O–H groups in total. The number of fused-ring (bicyclic) bond motifs is 2. The largest absolute Gasteiger partial charge is 0.486 e. The van der Waals surface area contributed by atoms with Gasteiger partial charge < -0.3 is 14.5 Å². The predicted molar refractivity (Wildman–Crippen MR) is 92.4 cm³/mol. The lowest BCUT2D eigenvalue weighted by Crippen LogP contribution is -2.44. The summed E-state index contributed by atoms with van der Waals surface area (Å²) in [5.74, 6) is -0.440. The van der Waals surface area contributed by atoms with Crippen molar-refractivity contribution in [1.29, 1.82) is 0 Å². The second-order valence-corrected chi connectivity index (χ2v) is 7.11. The summed E-state index contributed by atoms with van der Waals surface area (Å²) in [5, 5.41) is 0. The van der Waals surface area contributed by atoms with E-state index in [-0.39, 0.29) is 23.1 Å². The van der Waals surface area contributed by atoms with E-state index in [1.807, 2.05) is 13.8 Å². The van der Waals surface area contributed by atoms with Crippen LogP contribution in [0.1, 0.15) is 42.6 Å². The SMILES string of the molecule is CCC(CC)C(=O)N1CC2Oc3ccc(C(F)(F)F)cc3C(=O)N(C)C2C1. The van der Waals surface area contributed by atoms with Crippen LogP contribution in [0.4, 0.5) is 13.2 Å². The number of ether oxygens (including phenoxy) is 1. The Morgan fingerprint density at radius 2 is 1.93 bits per heavy atom.